The summed E-state index contributed by atoms with van der Waals surface area (Å²) in [5.41, 5.74) is 2.60. The average Bonchev–Trinajstić information content (AvgIpc) is 2.85. The lowest BCUT2D eigenvalue weighted by atomic mass is 10.1. The molecule has 1 fully saturated rings. The summed E-state index contributed by atoms with van der Waals surface area (Å²) in [6.07, 6.45) is 3.62. The molecule has 0 atom stereocenters. The number of rotatable bonds is 7. The maximum absolute atomic E-state index is 12.7. The van der Waals surface area contributed by atoms with Crippen LogP contribution in [0.25, 0.3) is 0 Å². The van der Waals surface area contributed by atoms with Crippen molar-refractivity contribution in [2.45, 2.75) is 24.2 Å². The van der Waals surface area contributed by atoms with Crippen LogP contribution < -0.4 is 19.7 Å². The van der Waals surface area contributed by atoms with Crippen molar-refractivity contribution >= 4 is 33.0 Å². The van der Waals surface area contributed by atoms with Crippen LogP contribution >= 0.6 is 0 Å². The number of sulfonamides is 1. The largest absolute Gasteiger partial charge is 0.497 e. The van der Waals surface area contributed by atoms with E-state index in [1.54, 1.807) is 31.4 Å². The van der Waals surface area contributed by atoms with Gasteiger partial charge in [-0.05, 0) is 86.0 Å². The first kappa shape index (κ1) is 22.7. The number of nitrogens with one attached hydrogen (secondary N) is 2. The van der Waals surface area contributed by atoms with Crippen molar-refractivity contribution in [3.8, 4) is 5.75 Å². The van der Waals surface area contributed by atoms with Crippen LogP contribution in [-0.2, 0) is 10.0 Å². The Morgan fingerprint density at radius 2 is 1.58 bits per heavy atom. The lowest BCUT2D eigenvalue weighted by Crippen LogP contribution is -2.29. The molecule has 0 unspecified atom stereocenters. The van der Waals surface area contributed by atoms with Crippen LogP contribution in [0.15, 0.2) is 77.7 Å². The van der Waals surface area contributed by atoms with Crippen molar-refractivity contribution in [3.05, 3.63) is 78.4 Å². The smallest absolute Gasteiger partial charge is 0.261 e. The van der Waals surface area contributed by atoms with Crippen molar-refractivity contribution in [1.29, 1.82) is 0 Å². The molecular formula is C25H27N3O4S. The van der Waals surface area contributed by atoms with Gasteiger partial charge in [0.1, 0.15) is 5.75 Å². The number of amides is 1. The second-order valence-electron chi connectivity index (χ2n) is 7.91. The van der Waals surface area contributed by atoms with Gasteiger partial charge in [-0.2, -0.15) is 0 Å². The summed E-state index contributed by atoms with van der Waals surface area (Å²) in [5, 5.41) is 2.90. The molecule has 4 rings (SSSR count). The van der Waals surface area contributed by atoms with Gasteiger partial charge < -0.3 is 15.0 Å². The summed E-state index contributed by atoms with van der Waals surface area (Å²) in [5.74, 6) is 0.340. The average molecular weight is 466 g/mol. The Morgan fingerprint density at radius 1 is 0.879 bits per heavy atom. The maximum atomic E-state index is 12.7. The Bertz CT molecular complexity index is 1200. The Balaban J connectivity index is 1.42. The quantitative estimate of drug-likeness (QED) is 0.526. The van der Waals surface area contributed by atoms with Crippen molar-refractivity contribution in [2.75, 3.05) is 35.1 Å². The summed E-state index contributed by atoms with van der Waals surface area (Å²) >= 11 is 0. The van der Waals surface area contributed by atoms with Gasteiger partial charge in [-0.15, -0.1) is 0 Å². The fourth-order valence-corrected chi connectivity index (χ4v) is 4.85. The standard InChI is InChI=1S/C25H27N3O4S/c1-32-23-12-10-20(11-13-23)27-33(30,31)24-14-8-19(9-15-24)25(29)26-21-6-5-7-22(18-21)28-16-3-2-4-17-28/h5-15,18,27H,2-4,16-17H2,1H3,(H,26,29). The number of piperidine rings is 1. The van der Waals surface area contributed by atoms with Crippen molar-refractivity contribution < 1.29 is 17.9 Å². The molecule has 1 aliphatic rings. The van der Waals surface area contributed by atoms with Crippen LogP contribution in [0.4, 0.5) is 17.1 Å². The summed E-state index contributed by atoms with van der Waals surface area (Å²) in [7, 11) is -2.24. The van der Waals surface area contributed by atoms with Gasteiger partial charge in [-0.1, -0.05) is 6.07 Å². The topological polar surface area (TPSA) is 87.7 Å². The molecule has 0 spiro atoms. The molecule has 1 heterocycles. The van der Waals surface area contributed by atoms with Gasteiger partial charge in [0.15, 0.2) is 0 Å². The van der Waals surface area contributed by atoms with Gasteiger partial charge in [0.05, 0.1) is 12.0 Å². The first-order valence-corrected chi connectivity index (χ1v) is 12.4. The van der Waals surface area contributed by atoms with Crippen LogP contribution in [0, 0.1) is 0 Å². The monoisotopic (exact) mass is 465 g/mol. The molecule has 0 aliphatic carbocycles. The highest BCUT2D eigenvalue weighted by molar-refractivity contribution is 7.92. The molecule has 0 bridgehead atoms. The lowest BCUT2D eigenvalue weighted by Gasteiger charge is -2.29. The molecule has 8 heteroatoms. The molecule has 0 aromatic heterocycles. The molecule has 0 saturated carbocycles. The first-order chi connectivity index (χ1) is 15.9. The Labute approximate surface area is 194 Å². The number of ether oxygens (including phenoxy) is 1. The molecule has 0 radical (unpaired) electrons. The fourth-order valence-electron chi connectivity index (χ4n) is 3.79. The van der Waals surface area contributed by atoms with E-state index in [1.807, 2.05) is 18.2 Å². The number of benzene rings is 3. The lowest BCUT2D eigenvalue weighted by molar-refractivity contribution is 0.102. The molecule has 1 saturated heterocycles. The van der Waals surface area contributed by atoms with Crippen molar-refractivity contribution in [3.63, 3.8) is 0 Å². The van der Waals surface area contributed by atoms with Crippen molar-refractivity contribution in [1.82, 2.24) is 0 Å². The van der Waals surface area contributed by atoms with Gasteiger partial charge in [0.25, 0.3) is 15.9 Å². The maximum Gasteiger partial charge on any atom is 0.261 e. The predicted molar refractivity (Wildman–Crippen MR) is 131 cm³/mol. The molecule has 1 amide bonds. The third kappa shape index (κ3) is 5.64. The number of anilines is 3. The number of nitrogens with zero attached hydrogens (tertiary/aromatic N) is 1. The third-order valence-electron chi connectivity index (χ3n) is 5.59. The highest BCUT2D eigenvalue weighted by Crippen LogP contribution is 2.24. The van der Waals surface area contributed by atoms with Crippen molar-refractivity contribution in [2.24, 2.45) is 0 Å². The van der Waals surface area contributed by atoms with E-state index in [2.05, 4.69) is 21.0 Å². The van der Waals surface area contributed by atoms with Gasteiger partial charge in [0.2, 0.25) is 0 Å². The Morgan fingerprint density at radius 3 is 2.24 bits per heavy atom. The highest BCUT2D eigenvalue weighted by Gasteiger charge is 2.16. The number of carbonyl (C=O) groups is 1. The van der Waals surface area contributed by atoms with E-state index in [0.29, 0.717) is 22.7 Å². The first-order valence-electron chi connectivity index (χ1n) is 10.9. The SMILES string of the molecule is COc1ccc(NS(=O)(=O)c2ccc(C(=O)Nc3cccc(N4CCCCC4)c3)cc2)cc1. The molecule has 2 N–H and O–H groups in total. The Hall–Kier alpha value is -3.52. The van der Waals surface area contributed by atoms with E-state index in [4.69, 9.17) is 4.74 Å². The van der Waals surface area contributed by atoms with Gasteiger partial charge in [-0.3, -0.25) is 9.52 Å². The van der Waals surface area contributed by atoms with E-state index in [9.17, 15) is 13.2 Å². The van der Waals surface area contributed by atoms with Crippen LogP contribution in [0.2, 0.25) is 0 Å². The number of methoxy groups -OCH3 is 1. The normalized spacial score (nSPS) is 13.9. The van der Waals surface area contributed by atoms with E-state index in [-0.39, 0.29) is 10.8 Å². The molecule has 7 nitrogen and oxygen atoms in total. The van der Waals surface area contributed by atoms with E-state index >= 15 is 0 Å². The third-order valence-corrected chi connectivity index (χ3v) is 6.99. The zero-order chi connectivity index (χ0) is 23.3. The minimum Gasteiger partial charge on any atom is -0.497 e. The van der Waals surface area contributed by atoms with Crippen LogP contribution in [-0.4, -0.2) is 34.5 Å². The summed E-state index contributed by atoms with van der Waals surface area (Å²) in [6.45, 7) is 2.05. The summed E-state index contributed by atoms with van der Waals surface area (Å²) in [6, 6.07) is 20.2. The minimum absolute atomic E-state index is 0.0713. The zero-order valence-electron chi connectivity index (χ0n) is 18.5. The molecule has 172 valence electrons. The highest BCUT2D eigenvalue weighted by atomic mass is 32.2. The van der Waals surface area contributed by atoms with Crippen LogP contribution in [0.3, 0.4) is 0 Å². The van der Waals surface area contributed by atoms with E-state index < -0.39 is 10.0 Å². The minimum atomic E-state index is -3.78. The summed E-state index contributed by atoms with van der Waals surface area (Å²) < 4.78 is 32.9. The molecule has 33 heavy (non-hydrogen) atoms. The summed E-state index contributed by atoms with van der Waals surface area (Å²) in [4.78, 5) is 15.1. The zero-order valence-corrected chi connectivity index (χ0v) is 19.3. The van der Waals surface area contributed by atoms with Gasteiger partial charge in [-0.25, -0.2) is 8.42 Å². The van der Waals surface area contributed by atoms with Crippen LogP contribution in [0.1, 0.15) is 29.6 Å². The molecule has 1 aliphatic heterocycles. The van der Waals surface area contributed by atoms with Gasteiger partial charge in [0, 0.05) is 35.7 Å². The second-order valence-corrected chi connectivity index (χ2v) is 9.59. The molecule has 3 aromatic carbocycles. The number of hydrogen-bond acceptors (Lipinski definition) is 5. The molecular weight excluding hydrogens is 438 g/mol. The van der Waals surface area contributed by atoms with Gasteiger partial charge >= 0.3 is 0 Å². The van der Waals surface area contributed by atoms with E-state index in [1.165, 1.54) is 43.5 Å². The second kappa shape index (κ2) is 9.95. The van der Waals surface area contributed by atoms with Crippen LogP contribution in [0.5, 0.6) is 5.75 Å². The number of hydrogen-bond donors (Lipinski definition) is 2. The predicted octanol–water partition coefficient (Wildman–Crippen LogP) is 4.74. The molecule has 3 aromatic rings. The Kier molecular flexibility index (Phi) is 6.84. The number of carbonyl (C=O) groups excluding carboxylic acids is 1. The fraction of sp³-hybridized carbons (Fsp3) is 0.240. The van der Waals surface area contributed by atoms with E-state index in [0.717, 1.165) is 18.8 Å².